The maximum Gasteiger partial charge on any atom is 0.185 e. The average Bonchev–Trinajstić information content (AvgIpc) is 3.15. The Balaban J connectivity index is 1.78. The van der Waals surface area contributed by atoms with Crippen LogP contribution in [0.15, 0.2) is 66.3 Å². The highest BCUT2D eigenvalue weighted by Crippen LogP contribution is 2.35. The van der Waals surface area contributed by atoms with Gasteiger partial charge in [-0.25, -0.2) is 0 Å². The van der Waals surface area contributed by atoms with E-state index in [1.165, 1.54) is 16.7 Å². The summed E-state index contributed by atoms with van der Waals surface area (Å²) in [4.78, 5) is 12.4. The second kappa shape index (κ2) is 7.84. The molecule has 1 aliphatic rings. The van der Waals surface area contributed by atoms with Crippen LogP contribution in [-0.4, -0.2) is 20.0 Å². The van der Waals surface area contributed by atoms with Gasteiger partial charge in [-0.3, -0.25) is 4.79 Å². The maximum atomic E-state index is 12.4. The van der Waals surface area contributed by atoms with Crippen molar-refractivity contribution in [1.82, 2.24) is 0 Å². The van der Waals surface area contributed by atoms with Gasteiger partial charge in [0.25, 0.3) is 0 Å². The number of carbonyl (C=O) groups excluding carboxylic acids is 1. The Kier molecular flexibility index (Phi) is 5.34. The van der Waals surface area contributed by atoms with Crippen molar-refractivity contribution >= 4 is 11.4 Å². The zero-order chi connectivity index (χ0) is 17.6. The van der Waals surface area contributed by atoms with Crippen molar-refractivity contribution in [3.8, 4) is 11.5 Å². The van der Waals surface area contributed by atoms with Gasteiger partial charge < -0.3 is 9.47 Å². The lowest BCUT2D eigenvalue weighted by Gasteiger charge is -2.06. The molecule has 0 N–H and O–H groups in total. The molecule has 2 aromatic rings. The molecule has 0 aromatic heterocycles. The number of hydrogen-bond donors (Lipinski definition) is 0. The third-order valence-corrected chi connectivity index (χ3v) is 4.51. The number of ether oxygens (including phenoxy) is 2. The molecule has 0 bridgehead atoms. The normalized spacial score (nSPS) is 14.2. The molecule has 0 amide bonds. The number of benzene rings is 2. The Labute approximate surface area is 148 Å². The zero-order valence-corrected chi connectivity index (χ0v) is 14.6. The fourth-order valence-electron chi connectivity index (χ4n) is 3.10. The van der Waals surface area contributed by atoms with Gasteiger partial charge in [-0.15, -0.1) is 0 Å². The Morgan fingerprint density at radius 2 is 1.48 bits per heavy atom. The van der Waals surface area contributed by atoms with E-state index in [0.717, 1.165) is 30.8 Å². The minimum absolute atomic E-state index is 0.0103. The van der Waals surface area contributed by atoms with E-state index < -0.39 is 0 Å². The van der Waals surface area contributed by atoms with Crippen molar-refractivity contribution in [1.29, 1.82) is 0 Å². The molecule has 0 saturated heterocycles. The number of carbonyl (C=O) groups is 1. The molecule has 128 valence electrons. The Hall–Kier alpha value is -2.81. The second-order valence-electron chi connectivity index (χ2n) is 6.01. The van der Waals surface area contributed by atoms with E-state index in [9.17, 15) is 4.79 Å². The lowest BCUT2D eigenvalue weighted by atomic mass is 10.0. The van der Waals surface area contributed by atoms with Gasteiger partial charge in [-0.1, -0.05) is 18.2 Å². The molecule has 3 rings (SSSR count). The van der Waals surface area contributed by atoms with Crippen LogP contribution in [0.1, 0.15) is 35.2 Å². The predicted octanol–water partition coefficient (Wildman–Crippen LogP) is 5.08. The number of ketones is 1. The standard InChI is InChI=1S/C22H22O3/c1-24-19-11-6-17(7-12-19)21-5-3-4-16(21)10-15-22(23)18-8-13-20(25-2)14-9-18/h6-15H,3-5H2,1-2H3/b15-10+. The third-order valence-electron chi connectivity index (χ3n) is 4.51. The van der Waals surface area contributed by atoms with E-state index in [2.05, 4.69) is 12.1 Å². The summed E-state index contributed by atoms with van der Waals surface area (Å²) in [5.41, 5.74) is 4.44. The van der Waals surface area contributed by atoms with Crippen LogP contribution in [0.4, 0.5) is 0 Å². The third kappa shape index (κ3) is 4.00. The molecular formula is C22H22O3. The van der Waals surface area contributed by atoms with Crippen molar-refractivity contribution in [3.63, 3.8) is 0 Å². The number of rotatable bonds is 6. The summed E-state index contributed by atoms with van der Waals surface area (Å²) in [7, 11) is 3.28. The molecule has 0 aliphatic heterocycles. The van der Waals surface area contributed by atoms with E-state index >= 15 is 0 Å². The molecule has 2 aromatic carbocycles. The van der Waals surface area contributed by atoms with Gasteiger partial charge in [-0.05, 0) is 78.4 Å². The van der Waals surface area contributed by atoms with Crippen LogP contribution in [0.2, 0.25) is 0 Å². The van der Waals surface area contributed by atoms with Crippen molar-refractivity contribution in [3.05, 3.63) is 77.4 Å². The minimum Gasteiger partial charge on any atom is -0.497 e. The summed E-state index contributed by atoms with van der Waals surface area (Å²) in [6.07, 6.45) is 6.82. The molecule has 3 heteroatoms. The van der Waals surface area contributed by atoms with Crippen LogP contribution in [0.5, 0.6) is 11.5 Å². The Morgan fingerprint density at radius 3 is 2.08 bits per heavy atom. The first-order valence-electron chi connectivity index (χ1n) is 8.44. The molecule has 0 radical (unpaired) electrons. The van der Waals surface area contributed by atoms with Crippen molar-refractivity contribution in [2.75, 3.05) is 14.2 Å². The van der Waals surface area contributed by atoms with E-state index in [0.29, 0.717) is 5.56 Å². The Bertz CT molecular complexity index is 796. The van der Waals surface area contributed by atoms with Crippen LogP contribution in [0, 0.1) is 0 Å². The quantitative estimate of drug-likeness (QED) is 0.546. The van der Waals surface area contributed by atoms with Crippen molar-refractivity contribution in [2.45, 2.75) is 19.3 Å². The second-order valence-corrected chi connectivity index (χ2v) is 6.01. The maximum absolute atomic E-state index is 12.4. The van der Waals surface area contributed by atoms with Crippen LogP contribution in [0.25, 0.3) is 5.57 Å². The smallest absolute Gasteiger partial charge is 0.185 e. The van der Waals surface area contributed by atoms with Gasteiger partial charge in [0.1, 0.15) is 11.5 Å². The summed E-state index contributed by atoms with van der Waals surface area (Å²) in [6, 6.07) is 15.3. The van der Waals surface area contributed by atoms with Gasteiger partial charge >= 0.3 is 0 Å². The number of hydrogen-bond acceptors (Lipinski definition) is 3. The summed E-state index contributed by atoms with van der Waals surface area (Å²) >= 11 is 0. The highest BCUT2D eigenvalue weighted by molar-refractivity contribution is 6.05. The fraction of sp³-hybridized carbons (Fsp3) is 0.227. The highest BCUT2D eigenvalue weighted by atomic mass is 16.5. The van der Waals surface area contributed by atoms with Gasteiger partial charge in [0, 0.05) is 5.56 Å². The molecule has 0 fully saturated rings. The molecular weight excluding hydrogens is 312 g/mol. The van der Waals surface area contributed by atoms with Gasteiger partial charge in [0.2, 0.25) is 0 Å². The largest absolute Gasteiger partial charge is 0.497 e. The molecule has 0 unspecified atom stereocenters. The summed E-state index contributed by atoms with van der Waals surface area (Å²) in [6.45, 7) is 0. The van der Waals surface area contributed by atoms with Gasteiger partial charge in [-0.2, -0.15) is 0 Å². The van der Waals surface area contributed by atoms with E-state index in [1.54, 1.807) is 44.6 Å². The lowest BCUT2D eigenvalue weighted by molar-refractivity contribution is 0.104. The van der Waals surface area contributed by atoms with Crippen molar-refractivity contribution in [2.24, 2.45) is 0 Å². The topological polar surface area (TPSA) is 35.5 Å². The van der Waals surface area contributed by atoms with Crippen LogP contribution < -0.4 is 9.47 Å². The fourth-order valence-corrected chi connectivity index (χ4v) is 3.10. The van der Waals surface area contributed by atoms with Gasteiger partial charge in [0.15, 0.2) is 5.78 Å². The lowest BCUT2D eigenvalue weighted by Crippen LogP contribution is -1.94. The SMILES string of the molecule is COc1ccc(C(=O)/C=C/C2=C(c3ccc(OC)cc3)CCC2)cc1. The molecule has 25 heavy (non-hydrogen) atoms. The zero-order valence-electron chi connectivity index (χ0n) is 14.6. The first kappa shape index (κ1) is 17.0. The monoisotopic (exact) mass is 334 g/mol. The van der Waals surface area contributed by atoms with Crippen molar-refractivity contribution < 1.29 is 14.3 Å². The van der Waals surface area contributed by atoms with E-state index in [1.807, 2.05) is 18.2 Å². The van der Waals surface area contributed by atoms with E-state index in [-0.39, 0.29) is 5.78 Å². The number of allylic oxidation sites excluding steroid dienone is 4. The molecule has 1 aliphatic carbocycles. The predicted molar refractivity (Wildman–Crippen MR) is 100 cm³/mol. The first-order chi connectivity index (χ1) is 12.2. The van der Waals surface area contributed by atoms with E-state index in [4.69, 9.17) is 9.47 Å². The molecule has 0 heterocycles. The summed E-state index contributed by atoms with van der Waals surface area (Å²) in [5.74, 6) is 1.62. The highest BCUT2D eigenvalue weighted by Gasteiger charge is 2.14. The molecule has 0 saturated carbocycles. The molecule has 0 spiro atoms. The summed E-state index contributed by atoms with van der Waals surface area (Å²) in [5, 5.41) is 0. The minimum atomic E-state index is 0.0103. The summed E-state index contributed by atoms with van der Waals surface area (Å²) < 4.78 is 10.3. The number of methoxy groups -OCH3 is 2. The molecule has 3 nitrogen and oxygen atoms in total. The van der Waals surface area contributed by atoms with Crippen LogP contribution in [0.3, 0.4) is 0 Å². The van der Waals surface area contributed by atoms with Crippen LogP contribution >= 0.6 is 0 Å². The Morgan fingerprint density at radius 1 is 0.880 bits per heavy atom. The molecule has 0 atom stereocenters. The van der Waals surface area contributed by atoms with Crippen LogP contribution in [-0.2, 0) is 0 Å². The van der Waals surface area contributed by atoms with Gasteiger partial charge in [0.05, 0.1) is 14.2 Å². The first-order valence-corrected chi connectivity index (χ1v) is 8.44. The average molecular weight is 334 g/mol.